The second-order valence-electron chi connectivity index (χ2n) is 6.96. The van der Waals surface area contributed by atoms with E-state index in [1.54, 1.807) is 0 Å². The van der Waals surface area contributed by atoms with Gasteiger partial charge < -0.3 is 14.9 Å². The Morgan fingerprint density at radius 2 is 1.81 bits per heavy atom. The molecule has 6 heteroatoms. The molecule has 1 saturated carbocycles. The third kappa shape index (κ3) is 3.80. The molecular formula is C20H25N5S. The molecule has 0 bridgehead atoms. The number of anilines is 1. The summed E-state index contributed by atoms with van der Waals surface area (Å²) in [5.41, 5.74) is 8.08. The maximum absolute atomic E-state index is 5.95. The first-order chi connectivity index (χ1) is 12.8. The number of nitrogen functional groups attached to an aromatic ring is 1. The second kappa shape index (κ2) is 7.99. The van der Waals surface area contributed by atoms with Crippen LogP contribution in [0.1, 0.15) is 43.3 Å². The Bertz CT molecular complexity index is 799. The van der Waals surface area contributed by atoms with Crippen molar-refractivity contribution >= 4 is 17.4 Å². The molecule has 1 aliphatic rings. The van der Waals surface area contributed by atoms with Crippen LogP contribution in [0.4, 0.5) is 5.69 Å². The lowest BCUT2D eigenvalue weighted by Crippen LogP contribution is -2.29. The van der Waals surface area contributed by atoms with Crippen molar-refractivity contribution in [1.82, 2.24) is 19.1 Å². The number of hydrogen-bond donors (Lipinski definition) is 1. The number of rotatable bonds is 5. The molecule has 5 nitrogen and oxygen atoms in total. The number of nitrogens with zero attached hydrogens (tertiary/aromatic N) is 4. The molecule has 136 valence electrons. The smallest absolute Gasteiger partial charge is 0.0949 e. The van der Waals surface area contributed by atoms with Crippen LogP contribution in [-0.4, -0.2) is 24.4 Å². The summed E-state index contributed by atoms with van der Waals surface area (Å²) in [5.74, 6) is 0.984. The van der Waals surface area contributed by atoms with Crippen LogP contribution >= 0.6 is 11.8 Å². The molecule has 4 rings (SSSR count). The van der Waals surface area contributed by atoms with Gasteiger partial charge in [0.1, 0.15) is 0 Å². The predicted molar refractivity (Wildman–Crippen MR) is 107 cm³/mol. The third-order valence-electron chi connectivity index (χ3n) is 5.21. The Hall–Kier alpha value is -2.21. The average Bonchev–Trinajstić information content (AvgIpc) is 3.32. The van der Waals surface area contributed by atoms with E-state index < -0.39 is 0 Å². The van der Waals surface area contributed by atoms with Crippen LogP contribution in [0.25, 0.3) is 0 Å². The van der Waals surface area contributed by atoms with Crippen molar-refractivity contribution < 1.29 is 0 Å². The van der Waals surface area contributed by atoms with Crippen molar-refractivity contribution in [2.24, 2.45) is 0 Å². The van der Waals surface area contributed by atoms with Crippen LogP contribution in [-0.2, 0) is 5.75 Å². The van der Waals surface area contributed by atoms with Gasteiger partial charge in [0.2, 0.25) is 0 Å². The highest BCUT2D eigenvalue weighted by Crippen LogP contribution is 2.42. The lowest BCUT2D eigenvalue weighted by atomic mass is 10.0. The van der Waals surface area contributed by atoms with Gasteiger partial charge in [-0.25, -0.2) is 9.97 Å². The van der Waals surface area contributed by atoms with Crippen molar-refractivity contribution in [3.8, 4) is 0 Å². The molecule has 0 spiro atoms. The lowest BCUT2D eigenvalue weighted by molar-refractivity contribution is 0.313. The molecule has 1 fully saturated rings. The molecular weight excluding hydrogens is 342 g/mol. The fourth-order valence-corrected chi connectivity index (χ4v) is 5.42. The zero-order valence-electron chi connectivity index (χ0n) is 14.8. The van der Waals surface area contributed by atoms with Crippen molar-refractivity contribution in [3.05, 3.63) is 67.3 Å². The Morgan fingerprint density at radius 1 is 1.04 bits per heavy atom. The van der Waals surface area contributed by atoms with E-state index in [1.165, 1.54) is 31.2 Å². The summed E-state index contributed by atoms with van der Waals surface area (Å²) in [6.45, 7) is 0. The third-order valence-corrected chi connectivity index (χ3v) is 6.65. The summed E-state index contributed by atoms with van der Waals surface area (Å²) < 4.78 is 4.58. The van der Waals surface area contributed by atoms with Crippen molar-refractivity contribution in [1.29, 1.82) is 0 Å². The highest BCUT2D eigenvalue weighted by atomic mass is 32.2. The van der Waals surface area contributed by atoms with E-state index in [1.807, 2.05) is 48.9 Å². The number of nitrogens with two attached hydrogens (primary N) is 1. The average molecular weight is 368 g/mol. The minimum atomic E-state index is 0.375. The van der Waals surface area contributed by atoms with Crippen LogP contribution in [0.2, 0.25) is 0 Å². The molecule has 2 aromatic heterocycles. The molecule has 3 atom stereocenters. The van der Waals surface area contributed by atoms with Crippen LogP contribution < -0.4 is 5.73 Å². The highest BCUT2D eigenvalue weighted by molar-refractivity contribution is 7.99. The van der Waals surface area contributed by atoms with Crippen LogP contribution in [0, 0.1) is 0 Å². The quantitative estimate of drug-likeness (QED) is 0.539. The van der Waals surface area contributed by atoms with Crippen LogP contribution in [0.15, 0.2) is 61.7 Å². The standard InChI is InChI=1S/C20H25N5S/c21-17-5-3-4-16(12-17)13-26-19-7-2-1-6-18(24-10-8-22-14-24)20(19)25-11-9-23-15-25/h3-5,8-12,14-15,18-20H,1-2,6-7,13,21H2. The molecule has 1 aliphatic carbocycles. The largest absolute Gasteiger partial charge is 0.399 e. The Balaban J connectivity index is 1.60. The Morgan fingerprint density at radius 3 is 2.54 bits per heavy atom. The molecule has 0 aliphatic heterocycles. The first-order valence-electron chi connectivity index (χ1n) is 9.22. The highest BCUT2D eigenvalue weighted by Gasteiger charge is 2.34. The number of aromatic nitrogens is 4. The predicted octanol–water partition coefficient (Wildman–Crippen LogP) is 4.32. The van der Waals surface area contributed by atoms with E-state index in [4.69, 9.17) is 5.73 Å². The van der Waals surface area contributed by atoms with Crippen LogP contribution in [0.3, 0.4) is 0 Å². The first kappa shape index (κ1) is 17.2. The summed E-state index contributed by atoms with van der Waals surface area (Å²) in [5, 5.41) is 0.528. The maximum Gasteiger partial charge on any atom is 0.0949 e. The van der Waals surface area contributed by atoms with Gasteiger partial charge in [0, 0.05) is 41.5 Å². The molecule has 3 unspecified atom stereocenters. The van der Waals surface area contributed by atoms with E-state index in [0.717, 1.165) is 11.4 Å². The van der Waals surface area contributed by atoms with Crippen molar-refractivity contribution in [2.75, 3.05) is 5.73 Å². The molecule has 3 aromatic rings. The molecule has 0 amide bonds. The molecule has 2 N–H and O–H groups in total. The summed E-state index contributed by atoms with van der Waals surface area (Å²) in [4.78, 5) is 8.61. The number of benzene rings is 1. The molecule has 2 heterocycles. The first-order valence-corrected chi connectivity index (χ1v) is 10.3. The van der Waals surface area contributed by atoms with Gasteiger partial charge in [0.25, 0.3) is 0 Å². The van der Waals surface area contributed by atoms with Gasteiger partial charge in [0.05, 0.1) is 24.7 Å². The van der Waals surface area contributed by atoms with E-state index >= 15 is 0 Å². The summed E-state index contributed by atoms with van der Waals surface area (Å²) in [6.07, 6.45) is 16.8. The topological polar surface area (TPSA) is 61.7 Å². The fourth-order valence-electron chi connectivity index (χ4n) is 3.98. The minimum Gasteiger partial charge on any atom is -0.399 e. The molecule has 26 heavy (non-hydrogen) atoms. The zero-order chi connectivity index (χ0) is 17.8. The minimum absolute atomic E-state index is 0.375. The van der Waals surface area contributed by atoms with Crippen molar-refractivity contribution in [3.63, 3.8) is 0 Å². The Labute approximate surface area is 158 Å². The van der Waals surface area contributed by atoms with E-state index in [-0.39, 0.29) is 0 Å². The molecule has 0 radical (unpaired) electrons. The molecule has 1 aromatic carbocycles. The van der Waals surface area contributed by atoms with Crippen LogP contribution in [0.5, 0.6) is 0 Å². The normalized spacial score (nSPS) is 23.6. The van der Waals surface area contributed by atoms with Crippen molar-refractivity contribution in [2.45, 2.75) is 48.8 Å². The second-order valence-corrected chi connectivity index (χ2v) is 8.18. The SMILES string of the molecule is Nc1cccc(CSC2CCCCC(n3ccnc3)C2n2ccnc2)c1. The fraction of sp³-hybridized carbons (Fsp3) is 0.400. The van der Waals surface area contributed by atoms with Gasteiger partial charge in [-0.1, -0.05) is 25.0 Å². The Kier molecular flexibility index (Phi) is 5.29. The zero-order valence-corrected chi connectivity index (χ0v) is 15.6. The van der Waals surface area contributed by atoms with Gasteiger partial charge >= 0.3 is 0 Å². The molecule has 0 saturated heterocycles. The van der Waals surface area contributed by atoms with Gasteiger partial charge in [-0.05, 0) is 30.5 Å². The van der Waals surface area contributed by atoms with Gasteiger partial charge in [0.15, 0.2) is 0 Å². The van der Waals surface area contributed by atoms with Gasteiger partial charge in [-0.3, -0.25) is 0 Å². The van der Waals surface area contributed by atoms with Gasteiger partial charge in [-0.15, -0.1) is 0 Å². The number of imidazole rings is 2. The summed E-state index contributed by atoms with van der Waals surface area (Å²) in [7, 11) is 0. The summed E-state index contributed by atoms with van der Waals surface area (Å²) >= 11 is 2.04. The summed E-state index contributed by atoms with van der Waals surface area (Å²) in [6, 6.07) is 9.03. The van der Waals surface area contributed by atoms with E-state index in [2.05, 4.69) is 43.6 Å². The monoisotopic (exact) mass is 367 g/mol. The lowest BCUT2D eigenvalue weighted by Gasteiger charge is -2.33. The number of hydrogen-bond acceptors (Lipinski definition) is 4. The van der Waals surface area contributed by atoms with E-state index in [9.17, 15) is 0 Å². The van der Waals surface area contributed by atoms with Gasteiger partial charge in [-0.2, -0.15) is 11.8 Å². The van der Waals surface area contributed by atoms with E-state index in [0.29, 0.717) is 17.3 Å². The number of thioether (sulfide) groups is 1. The maximum atomic E-state index is 5.95.